The molecule has 80 heavy (non-hydrogen) atoms. The maximum atomic E-state index is 15.0. The second kappa shape index (κ2) is 28.5. The van der Waals surface area contributed by atoms with E-state index in [0.717, 1.165) is 52.6 Å². The molecule has 0 heterocycles. The van der Waals surface area contributed by atoms with Gasteiger partial charge in [-0.1, -0.05) is 136 Å². The van der Waals surface area contributed by atoms with Crippen LogP contribution in [0.4, 0.5) is 4.79 Å². The fraction of sp³-hybridized carbons (Fsp3) is 0.492. The van der Waals surface area contributed by atoms with Crippen LogP contribution in [0.5, 0.6) is 0 Å². The predicted octanol–water partition coefficient (Wildman–Crippen LogP) is 8.61. The summed E-state index contributed by atoms with van der Waals surface area (Å²) in [5, 5.41) is 13.9. The number of benzene rings is 4. The summed E-state index contributed by atoms with van der Waals surface area (Å²) in [5.74, 6) is -5.93. The van der Waals surface area contributed by atoms with E-state index >= 15 is 0 Å². The summed E-state index contributed by atoms with van der Waals surface area (Å²) in [5.41, 5.74) is 4.36. The average molecular weight is 1100 g/mol. The Morgan fingerprint density at radius 3 is 1.71 bits per heavy atom. The summed E-state index contributed by atoms with van der Waals surface area (Å²) < 4.78 is 22.6. The summed E-state index contributed by atoms with van der Waals surface area (Å²) in [7, 11) is 0. The minimum Gasteiger partial charge on any atom is -0.460 e. The van der Waals surface area contributed by atoms with E-state index in [1.165, 1.54) is 0 Å². The lowest BCUT2D eigenvalue weighted by molar-refractivity contribution is -0.156. The molecule has 0 unspecified atom stereocenters. The number of aryl methyl sites for hydroxylation is 1. The van der Waals surface area contributed by atoms with Crippen LogP contribution >= 0.6 is 0 Å². The highest BCUT2D eigenvalue weighted by Crippen LogP contribution is 2.44. The van der Waals surface area contributed by atoms with E-state index < -0.39 is 95.5 Å². The van der Waals surface area contributed by atoms with Crippen molar-refractivity contribution in [3.8, 4) is 11.1 Å². The van der Waals surface area contributed by atoms with Crippen molar-refractivity contribution < 1.29 is 57.3 Å². The fourth-order valence-corrected chi connectivity index (χ4v) is 10.2. The van der Waals surface area contributed by atoms with Gasteiger partial charge >= 0.3 is 24.0 Å². The summed E-state index contributed by atoms with van der Waals surface area (Å²) in [6, 6.07) is 25.4. The first-order chi connectivity index (χ1) is 37.9. The zero-order valence-electron chi connectivity index (χ0n) is 47.8. The van der Waals surface area contributed by atoms with Gasteiger partial charge in [0, 0.05) is 18.8 Å². The molecular formula is C63H81N5O12. The third kappa shape index (κ3) is 18.8. The average Bonchev–Trinajstić information content (AvgIpc) is 3.79. The lowest BCUT2D eigenvalue weighted by atomic mass is 9.83. The Morgan fingerprint density at radius 2 is 1.10 bits per heavy atom. The summed E-state index contributed by atoms with van der Waals surface area (Å²) in [4.78, 5) is 113. The Bertz CT molecular complexity index is 2750. The first-order valence-electron chi connectivity index (χ1n) is 28.0. The van der Waals surface area contributed by atoms with Crippen molar-refractivity contribution in [1.29, 1.82) is 0 Å². The second-order valence-electron chi connectivity index (χ2n) is 23.4. The van der Waals surface area contributed by atoms with Crippen LogP contribution < -0.4 is 26.6 Å². The van der Waals surface area contributed by atoms with Gasteiger partial charge in [-0.25, -0.2) is 9.59 Å². The minimum absolute atomic E-state index is 0.00587. The van der Waals surface area contributed by atoms with E-state index in [4.69, 9.17) is 18.9 Å². The summed E-state index contributed by atoms with van der Waals surface area (Å²) in [6.45, 7) is 15.6. The van der Waals surface area contributed by atoms with E-state index in [1.807, 2.05) is 118 Å². The van der Waals surface area contributed by atoms with Crippen molar-refractivity contribution in [2.75, 3.05) is 6.61 Å². The standard InChI is InChI=1S/C63H81N5O12/c1-39(2)34-52(60(75)77-37-41-23-12-10-13-24-41)66-59(74)55(42-25-14-11-15-26-42)68-58(73)50(35-43-27-17-16-22-40(43)3)65-56(71)49(32-33-53(69)79-62(4,5)6)64-57(72)51(36-54(70)80-63(7,8)9)67-61(76)78-38-48-46-30-20-18-28-44(46)45-29-19-21-31-47(45)48/h10,12-13,16-24,27-31,39,42,48-52,55H,11,14-15,25-26,32-38H2,1-9H3,(H,64,72)(H,65,71)(H,66,74)(H,67,76)(H,68,73)/t49-,50-,51-,52-,55-/m0/s1. The molecule has 0 bridgehead atoms. The number of rotatable bonds is 24. The first-order valence-corrected chi connectivity index (χ1v) is 28.0. The first kappa shape index (κ1) is 61.6. The van der Waals surface area contributed by atoms with Crippen molar-refractivity contribution in [2.24, 2.45) is 11.8 Å². The fourth-order valence-electron chi connectivity index (χ4n) is 10.2. The zero-order chi connectivity index (χ0) is 58.1. The molecule has 6 rings (SSSR count). The third-order valence-electron chi connectivity index (χ3n) is 14.0. The predicted molar refractivity (Wildman–Crippen MR) is 302 cm³/mol. The van der Waals surface area contributed by atoms with E-state index in [2.05, 4.69) is 26.6 Å². The van der Waals surface area contributed by atoms with Crippen molar-refractivity contribution in [1.82, 2.24) is 26.6 Å². The number of nitrogens with one attached hydrogen (secondary N) is 5. The maximum absolute atomic E-state index is 15.0. The molecule has 4 aromatic rings. The SMILES string of the molecule is Cc1ccccc1C[C@H](NC(=O)[C@H](CCC(=O)OC(C)(C)C)NC(=O)[C@H](CC(=O)OC(C)(C)C)NC(=O)OCC1c2ccccc2-c2ccccc21)C(=O)N[C@H](C(=O)N[C@@H](CC(C)C)C(=O)OCc1ccccc1)C1CCCCC1. The molecule has 17 heteroatoms. The molecule has 0 saturated heterocycles. The number of amides is 5. The number of carbonyl (C=O) groups is 8. The van der Waals surface area contributed by atoms with Crippen LogP contribution in [0.3, 0.4) is 0 Å². The largest absolute Gasteiger partial charge is 0.460 e. The van der Waals surface area contributed by atoms with Gasteiger partial charge in [0.15, 0.2) is 0 Å². The van der Waals surface area contributed by atoms with Crippen LogP contribution in [0.25, 0.3) is 11.1 Å². The Labute approximate surface area is 470 Å². The van der Waals surface area contributed by atoms with Crippen LogP contribution in [0.2, 0.25) is 0 Å². The van der Waals surface area contributed by atoms with E-state index in [0.29, 0.717) is 18.4 Å². The lowest BCUT2D eigenvalue weighted by Gasteiger charge is -2.33. The number of fused-ring (bicyclic) bond motifs is 3. The van der Waals surface area contributed by atoms with Gasteiger partial charge in [0.05, 0.1) is 6.42 Å². The quantitative estimate of drug-likeness (QED) is 0.0328. The third-order valence-corrected chi connectivity index (χ3v) is 14.0. The second-order valence-corrected chi connectivity index (χ2v) is 23.4. The molecule has 1 fully saturated rings. The number of alkyl carbamates (subject to hydrolysis) is 1. The highest BCUT2D eigenvalue weighted by atomic mass is 16.6. The Balaban J connectivity index is 1.26. The highest BCUT2D eigenvalue weighted by molar-refractivity contribution is 5.97. The molecule has 5 N–H and O–H groups in total. The van der Waals surface area contributed by atoms with E-state index in [1.54, 1.807) is 47.6 Å². The summed E-state index contributed by atoms with van der Waals surface area (Å²) in [6.07, 6.45) is 1.64. The van der Waals surface area contributed by atoms with E-state index in [9.17, 15) is 38.4 Å². The summed E-state index contributed by atoms with van der Waals surface area (Å²) >= 11 is 0. The van der Waals surface area contributed by atoms with Gasteiger partial charge in [-0.3, -0.25) is 28.8 Å². The molecule has 1 saturated carbocycles. The van der Waals surface area contributed by atoms with Gasteiger partial charge in [0.1, 0.15) is 54.6 Å². The number of ether oxygens (including phenoxy) is 4. The van der Waals surface area contributed by atoms with Gasteiger partial charge in [0.25, 0.3) is 0 Å². The van der Waals surface area contributed by atoms with Crippen LogP contribution in [0, 0.1) is 18.8 Å². The van der Waals surface area contributed by atoms with Crippen LogP contribution in [-0.2, 0) is 65.5 Å². The van der Waals surface area contributed by atoms with Crippen LogP contribution in [0.15, 0.2) is 103 Å². The Kier molecular flexibility index (Phi) is 22.0. The maximum Gasteiger partial charge on any atom is 0.407 e. The molecule has 0 radical (unpaired) electrons. The number of esters is 3. The molecule has 430 valence electrons. The molecule has 0 spiro atoms. The van der Waals surface area contributed by atoms with Gasteiger partial charge < -0.3 is 45.5 Å². The topological polar surface area (TPSA) is 234 Å². The molecule has 0 aromatic heterocycles. The monoisotopic (exact) mass is 1100 g/mol. The Morgan fingerprint density at radius 1 is 0.562 bits per heavy atom. The molecule has 5 amide bonds. The molecular weight excluding hydrogens is 1020 g/mol. The van der Waals surface area contributed by atoms with Gasteiger partial charge in [-0.2, -0.15) is 0 Å². The zero-order valence-corrected chi connectivity index (χ0v) is 47.8. The van der Waals surface area contributed by atoms with Crippen molar-refractivity contribution in [3.63, 3.8) is 0 Å². The molecule has 5 atom stereocenters. The molecule has 2 aliphatic rings. The Hall–Kier alpha value is -7.56. The molecule has 0 aliphatic heterocycles. The van der Waals surface area contributed by atoms with Crippen molar-refractivity contribution >= 4 is 47.6 Å². The molecule has 4 aromatic carbocycles. The van der Waals surface area contributed by atoms with Crippen LogP contribution in [0.1, 0.15) is 147 Å². The van der Waals surface area contributed by atoms with Gasteiger partial charge in [0.2, 0.25) is 23.6 Å². The number of carbonyl (C=O) groups excluding carboxylic acids is 8. The minimum atomic E-state index is -1.65. The highest BCUT2D eigenvalue weighted by Gasteiger charge is 2.38. The number of hydrogen-bond donors (Lipinski definition) is 5. The molecule has 2 aliphatic carbocycles. The van der Waals surface area contributed by atoms with Gasteiger partial charge in [-0.15, -0.1) is 0 Å². The lowest BCUT2D eigenvalue weighted by Crippen LogP contribution is -2.60. The van der Waals surface area contributed by atoms with Crippen molar-refractivity contribution in [3.05, 3.63) is 131 Å². The number of hydrogen-bond acceptors (Lipinski definition) is 12. The van der Waals surface area contributed by atoms with E-state index in [-0.39, 0.29) is 56.7 Å². The van der Waals surface area contributed by atoms with Gasteiger partial charge in [-0.05, 0) is 125 Å². The van der Waals surface area contributed by atoms with Crippen LogP contribution in [-0.4, -0.2) is 95.6 Å². The van der Waals surface area contributed by atoms with Crippen molar-refractivity contribution in [2.45, 2.75) is 180 Å². The smallest absolute Gasteiger partial charge is 0.407 e. The normalized spacial score (nSPS) is 15.3. The molecule has 17 nitrogen and oxygen atoms in total.